The number of nitrogens with one attached hydrogen (secondary N) is 2. The Labute approximate surface area is 97.6 Å². The molecule has 0 saturated carbocycles. The molecule has 2 unspecified atom stereocenters. The average molecular weight is 222 g/mol. The van der Waals surface area contributed by atoms with Crippen LogP contribution >= 0.6 is 0 Å². The summed E-state index contributed by atoms with van der Waals surface area (Å²) >= 11 is 0. The molecule has 0 bridgehead atoms. The summed E-state index contributed by atoms with van der Waals surface area (Å²) in [7, 11) is 0. The van der Waals surface area contributed by atoms with Crippen LogP contribution in [0.5, 0.6) is 0 Å². The van der Waals surface area contributed by atoms with Gasteiger partial charge in [0.05, 0.1) is 24.8 Å². The second-order valence-electron chi connectivity index (χ2n) is 4.87. The van der Waals surface area contributed by atoms with Gasteiger partial charge < -0.3 is 10.6 Å². The number of hydrogen-bond acceptors (Lipinski definition) is 4. The fourth-order valence-corrected chi connectivity index (χ4v) is 2.13. The summed E-state index contributed by atoms with van der Waals surface area (Å²) in [6.07, 6.45) is 4.58. The van der Waals surface area contributed by atoms with Crippen LogP contribution < -0.4 is 10.6 Å². The smallest absolute Gasteiger partial charge is 0.0966 e. The van der Waals surface area contributed by atoms with Gasteiger partial charge >= 0.3 is 0 Å². The minimum Gasteiger partial charge on any atom is -0.370 e. The highest BCUT2D eigenvalue weighted by Crippen LogP contribution is 2.07. The lowest BCUT2D eigenvalue weighted by atomic mass is 10.1. The van der Waals surface area contributed by atoms with Crippen molar-refractivity contribution in [2.24, 2.45) is 9.98 Å². The molecule has 0 saturated heterocycles. The van der Waals surface area contributed by atoms with Crippen LogP contribution in [0.15, 0.2) is 9.98 Å². The zero-order chi connectivity index (χ0) is 11.4. The largest absolute Gasteiger partial charge is 0.370 e. The quantitative estimate of drug-likeness (QED) is 0.689. The topological polar surface area (TPSA) is 48.8 Å². The van der Waals surface area contributed by atoms with Crippen LogP contribution in [0.25, 0.3) is 0 Å². The molecule has 0 aliphatic carbocycles. The standard InChI is InChI=1S/C12H22N4/c1-9-7-13-11(15-9)5-3-4-6-12-14-8-10(2)16-12/h9-10H,3-8H2,1-2H3,(H,13,15)(H,14,16). The van der Waals surface area contributed by atoms with Gasteiger partial charge in [0.15, 0.2) is 0 Å². The molecule has 2 rings (SSSR count). The van der Waals surface area contributed by atoms with Crippen molar-refractivity contribution in [2.75, 3.05) is 13.1 Å². The number of hydrogen-bond donors (Lipinski definition) is 2. The van der Waals surface area contributed by atoms with Gasteiger partial charge in [0.1, 0.15) is 0 Å². The zero-order valence-corrected chi connectivity index (χ0v) is 10.3. The van der Waals surface area contributed by atoms with Crippen LogP contribution in [0.2, 0.25) is 0 Å². The van der Waals surface area contributed by atoms with E-state index < -0.39 is 0 Å². The first kappa shape index (κ1) is 11.4. The summed E-state index contributed by atoms with van der Waals surface area (Å²) in [6.45, 7) is 6.24. The Morgan fingerprint density at radius 1 is 0.938 bits per heavy atom. The Morgan fingerprint density at radius 3 is 1.69 bits per heavy atom. The van der Waals surface area contributed by atoms with E-state index >= 15 is 0 Å². The van der Waals surface area contributed by atoms with E-state index in [0.29, 0.717) is 12.1 Å². The van der Waals surface area contributed by atoms with Gasteiger partial charge in [0, 0.05) is 24.9 Å². The summed E-state index contributed by atoms with van der Waals surface area (Å²) in [6, 6.07) is 1.08. The monoisotopic (exact) mass is 222 g/mol. The molecular formula is C12H22N4. The lowest BCUT2D eigenvalue weighted by Gasteiger charge is -2.07. The molecule has 0 aromatic carbocycles. The molecule has 16 heavy (non-hydrogen) atoms. The van der Waals surface area contributed by atoms with Gasteiger partial charge in [-0.25, -0.2) is 0 Å². The van der Waals surface area contributed by atoms with Gasteiger partial charge in [-0.1, -0.05) is 0 Å². The molecule has 0 amide bonds. The number of aliphatic imine (C=N–C) groups is 2. The van der Waals surface area contributed by atoms with Crippen molar-refractivity contribution < 1.29 is 0 Å². The first-order valence-electron chi connectivity index (χ1n) is 6.34. The molecule has 0 aromatic heterocycles. The number of nitrogens with zero attached hydrogens (tertiary/aromatic N) is 2. The number of rotatable bonds is 5. The fraction of sp³-hybridized carbons (Fsp3) is 0.833. The van der Waals surface area contributed by atoms with Crippen molar-refractivity contribution in [1.29, 1.82) is 0 Å². The van der Waals surface area contributed by atoms with Crippen molar-refractivity contribution in [1.82, 2.24) is 10.6 Å². The Hall–Kier alpha value is -1.06. The highest BCUT2D eigenvalue weighted by Gasteiger charge is 2.13. The van der Waals surface area contributed by atoms with Gasteiger partial charge in [-0.2, -0.15) is 0 Å². The maximum Gasteiger partial charge on any atom is 0.0966 e. The van der Waals surface area contributed by atoms with E-state index in [0.717, 1.165) is 25.9 Å². The SMILES string of the molecule is CC1CN=C(CCCCC2=NCC(C)N2)N1. The van der Waals surface area contributed by atoms with Crippen LogP contribution in [0, 0.1) is 0 Å². The molecule has 4 nitrogen and oxygen atoms in total. The molecule has 2 heterocycles. The average Bonchev–Trinajstić information content (AvgIpc) is 2.83. The van der Waals surface area contributed by atoms with E-state index in [2.05, 4.69) is 34.5 Å². The van der Waals surface area contributed by atoms with Gasteiger partial charge in [-0.3, -0.25) is 9.98 Å². The molecule has 4 heteroatoms. The van der Waals surface area contributed by atoms with Crippen molar-refractivity contribution in [3.05, 3.63) is 0 Å². The van der Waals surface area contributed by atoms with E-state index in [4.69, 9.17) is 0 Å². The van der Waals surface area contributed by atoms with Gasteiger partial charge in [-0.15, -0.1) is 0 Å². The van der Waals surface area contributed by atoms with E-state index in [1.54, 1.807) is 0 Å². The first-order chi connectivity index (χ1) is 7.74. The van der Waals surface area contributed by atoms with E-state index in [1.807, 2.05) is 0 Å². The predicted molar refractivity (Wildman–Crippen MR) is 68.3 cm³/mol. The molecule has 2 atom stereocenters. The third kappa shape index (κ3) is 3.22. The Bertz CT molecular complexity index is 265. The predicted octanol–water partition coefficient (Wildman–Crippen LogP) is 1.33. The van der Waals surface area contributed by atoms with Gasteiger partial charge in [-0.05, 0) is 26.7 Å². The molecule has 2 aliphatic rings. The van der Waals surface area contributed by atoms with Crippen molar-refractivity contribution >= 4 is 11.7 Å². The third-order valence-electron chi connectivity index (χ3n) is 3.02. The summed E-state index contributed by atoms with van der Waals surface area (Å²) < 4.78 is 0. The number of amidine groups is 2. The summed E-state index contributed by atoms with van der Waals surface area (Å²) in [5.41, 5.74) is 0. The minimum atomic E-state index is 0.539. The molecule has 0 spiro atoms. The molecule has 90 valence electrons. The lowest BCUT2D eigenvalue weighted by Crippen LogP contribution is -2.27. The van der Waals surface area contributed by atoms with Crippen molar-refractivity contribution in [3.63, 3.8) is 0 Å². The Morgan fingerprint density at radius 2 is 1.38 bits per heavy atom. The van der Waals surface area contributed by atoms with Crippen LogP contribution in [0.4, 0.5) is 0 Å². The molecule has 2 N–H and O–H groups in total. The maximum atomic E-state index is 4.46. The molecule has 0 radical (unpaired) electrons. The van der Waals surface area contributed by atoms with E-state index in [-0.39, 0.29) is 0 Å². The minimum absolute atomic E-state index is 0.539. The summed E-state index contributed by atoms with van der Waals surface area (Å²) in [5.74, 6) is 2.39. The second kappa shape index (κ2) is 5.32. The van der Waals surface area contributed by atoms with Gasteiger partial charge in [0.2, 0.25) is 0 Å². The Kier molecular flexibility index (Phi) is 3.80. The fourth-order valence-electron chi connectivity index (χ4n) is 2.13. The highest BCUT2D eigenvalue weighted by molar-refractivity contribution is 5.85. The molecule has 0 aromatic rings. The van der Waals surface area contributed by atoms with Crippen LogP contribution in [-0.4, -0.2) is 36.8 Å². The van der Waals surface area contributed by atoms with Gasteiger partial charge in [0.25, 0.3) is 0 Å². The zero-order valence-electron chi connectivity index (χ0n) is 10.3. The third-order valence-corrected chi connectivity index (χ3v) is 3.02. The normalized spacial score (nSPS) is 28.4. The van der Waals surface area contributed by atoms with E-state index in [1.165, 1.54) is 24.5 Å². The maximum absolute atomic E-state index is 4.46. The first-order valence-corrected chi connectivity index (χ1v) is 6.34. The van der Waals surface area contributed by atoms with Crippen molar-refractivity contribution in [3.8, 4) is 0 Å². The summed E-state index contributed by atoms with van der Waals surface area (Å²) in [4.78, 5) is 8.92. The van der Waals surface area contributed by atoms with Crippen LogP contribution in [0.1, 0.15) is 39.5 Å². The van der Waals surface area contributed by atoms with E-state index in [9.17, 15) is 0 Å². The second-order valence-corrected chi connectivity index (χ2v) is 4.87. The molecule has 2 aliphatic heterocycles. The number of unbranched alkanes of at least 4 members (excludes halogenated alkanes) is 1. The summed E-state index contributed by atoms with van der Waals surface area (Å²) in [5, 5.41) is 6.79. The Balaban J connectivity index is 1.56. The molecular weight excluding hydrogens is 200 g/mol. The lowest BCUT2D eigenvalue weighted by molar-refractivity contribution is 0.703. The molecule has 0 fully saturated rings. The van der Waals surface area contributed by atoms with Crippen LogP contribution in [-0.2, 0) is 0 Å². The highest BCUT2D eigenvalue weighted by atomic mass is 15.1. The van der Waals surface area contributed by atoms with Crippen molar-refractivity contribution in [2.45, 2.75) is 51.6 Å². The van der Waals surface area contributed by atoms with Crippen LogP contribution in [0.3, 0.4) is 0 Å².